The van der Waals surface area contributed by atoms with Crippen molar-refractivity contribution in [2.75, 3.05) is 11.9 Å². The molecule has 0 aromatic heterocycles. The standard InChI is InChI=1S/C20H23N3O3/c1-15-10-12-16(13-11-15)18-8-3-2-6-14-22(18)20(24)21-17-7-4-5-9-19(17)23(25)26/h4-5,7,9-13,18H,2-3,6,8,14H2,1H3,(H,21,24). The molecule has 1 saturated heterocycles. The summed E-state index contributed by atoms with van der Waals surface area (Å²) in [6.45, 7) is 2.68. The Labute approximate surface area is 153 Å². The van der Waals surface area contributed by atoms with Crippen molar-refractivity contribution in [3.8, 4) is 0 Å². The minimum absolute atomic E-state index is 0.0131. The van der Waals surface area contributed by atoms with E-state index in [1.807, 2.05) is 11.8 Å². The molecule has 1 atom stereocenters. The predicted octanol–water partition coefficient (Wildman–Crippen LogP) is 5.05. The molecular weight excluding hydrogens is 330 g/mol. The fourth-order valence-electron chi connectivity index (χ4n) is 3.41. The zero-order chi connectivity index (χ0) is 18.5. The summed E-state index contributed by atoms with van der Waals surface area (Å²) in [5.41, 5.74) is 2.42. The average molecular weight is 353 g/mol. The van der Waals surface area contributed by atoms with Gasteiger partial charge in [-0.05, 0) is 31.4 Å². The second-order valence-electron chi connectivity index (χ2n) is 6.67. The number of amides is 2. The Morgan fingerprint density at radius 3 is 2.58 bits per heavy atom. The second-order valence-corrected chi connectivity index (χ2v) is 6.67. The van der Waals surface area contributed by atoms with Crippen LogP contribution in [0.2, 0.25) is 0 Å². The van der Waals surface area contributed by atoms with Gasteiger partial charge in [0.1, 0.15) is 5.69 Å². The predicted molar refractivity (Wildman–Crippen MR) is 101 cm³/mol. The number of para-hydroxylation sites is 2. The second kappa shape index (κ2) is 7.99. The number of carbonyl (C=O) groups is 1. The number of likely N-dealkylation sites (tertiary alicyclic amines) is 1. The van der Waals surface area contributed by atoms with E-state index < -0.39 is 4.92 Å². The molecule has 1 aliphatic heterocycles. The lowest BCUT2D eigenvalue weighted by atomic mass is 10.00. The van der Waals surface area contributed by atoms with E-state index in [4.69, 9.17) is 0 Å². The Balaban J connectivity index is 1.85. The monoisotopic (exact) mass is 353 g/mol. The van der Waals surface area contributed by atoms with Gasteiger partial charge >= 0.3 is 6.03 Å². The van der Waals surface area contributed by atoms with Gasteiger partial charge in [0.15, 0.2) is 0 Å². The molecule has 2 aromatic rings. The number of nitro benzene ring substituents is 1. The van der Waals surface area contributed by atoms with Crippen molar-refractivity contribution in [2.45, 2.75) is 38.6 Å². The summed E-state index contributed by atoms with van der Waals surface area (Å²) in [5, 5.41) is 13.9. The molecular formula is C20H23N3O3. The highest BCUT2D eigenvalue weighted by Gasteiger charge is 2.28. The minimum atomic E-state index is -0.477. The smallest absolute Gasteiger partial charge is 0.317 e. The molecule has 136 valence electrons. The van der Waals surface area contributed by atoms with Crippen LogP contribution in [-0.2, 0) is 0 Å². The maximum absolute atomic E-state index is 12.9. The quantitative estimate of drug-likeness (QED) is 0.619. The minimum Gasteiger partial charge on any atom is -0.317 e. The zero-order valence-electron chi connectivity index (χ0n) is 14.9. The normalized spacial score (nSPS) is 17.4. The molecule has 0 radical (unpaired) electrons. The van der Waals surface area contributed by atoms with Gasteiger partial charge in [0.2, 0.25) is 0 Å². The average Bonchev–Trinajstić information content (AvgIpc) is 2.89. The number of hydrogen-bond donors (Lipinski definition) is 1. The van der Waals surface area contributed by atoms with E-state index in [2.05, 4.69) is 29.6 Å². The van der Waals surface area contributed by atoms with Gasteiger partial charge in [-0.25, -0.2) is 4.79 Å². The number of carbonyl (C=O) groups excluding carboxylic acids is 1. The third kappa shape index (κ3) is 4.02. The molecule has 26 heavy (non-hydrogen) atoms. The van der Waals surface area contributed by atoms with Crippen molar-refractivity contribution < 1.29 is 9.72 Å². The Morgan fingerprint density at radius 1 is 1.12 bits per heavy atom. The van der Waals surface area contributed by atoms with Crippen molar-refractivity contribution in [1.29, 1.82) is 0 Å². The maximum Gasteiger partial charge on any atom is 0.322 e. The third-order valence-electron chi connectivity index (χ3n) is 4.82. The van der Waals surface area contributed by atoms with Gasteiger partial charge in [-0.1, -0.05) is 54.8 Å². The van der Waals surface area contributed by atoms with E-state index >= 15 is 0 Å². The Morgan fingerprint density at radius 2 is 1.85 bits per heavy atom. The number of rotatable bonds is 3. The van der Waals surface area contributed by atoms with Crippen molar-refractivity contribution in [3.05, 3.63) is 69.8 Å². The van der Waals surface area contributed by atoms with Gasteiger partial charge in [0.05, 0.1) is 11.0 Å². The van der Waals surface area contributed by atoms with E-state index in [0.29, 0.717) is 6.54 Å². The number of nitrogens with one attached hydrogen (secondary N) is 1. The number of urea groups is 1. The van der Waals surface area contributed by atoms with Crippen molar-refractivity contribution in [1.82, 2.24) is 4.90 Å². The summed E-state index contributed by atoms with van der Waals surface area (Å²) in [5.74, 6) is 0. The van der Waals surface area contributed by atoms with Crippen LogP contribution in [0.1, 0.15) is 42.9 Å². The lowest BCUT2D eigenvalue weighted by molar-refractivity contribution is -0.383. The van der Waals surface area contributed by atoms with Crippen LogP contribution in [0.15, 0.2) is 48.5 Å². The molecule has 2 aromatic carbocycles. The van der Waals surface area contributed by atoms with Crippen molar-refractivity contribution in [3.63, 3.8) is 0 Å². The zero-order valence-corrected chi connectivity index (χ0v) is 14.9. The van der Waals surface area contributed by atoms with Crippen molar-refractivity contribution in [2.24, 2.45) is 0 Å². The highest BCUT2D eigenvalue weighted by atomic mass is 16.6. The highest BCUT2D eigenvalue weighted by Crippen LogP contribution is 2.32. The van der Waals surface area contributed by atoms with Crippen LogP contribution in [0.25, 0.3) is 0 Å². The first-order valence-electron chi connectivity index (χ1n) is 8.94. The van der Waals surface area contributed by atoms with Gasteiger partial charge in [0.25, 0.3) is 5.69 Å². The molecule has 6 nitrogen and oxygen atoms in total. The molecule has 0 spiro atoms. The Bertz CT molecular complexity index is 789. The lowest BCUT2D eigenvalue weighted by Crippen LogP contribution is -2.38. The molecule has 1 heterocycles. The van der Waals surface area contributed by atoms with Gasteiger partial charge in [-0.2, -0.15) is 0 Å². The largest absolute Gasteiger partial charge is 0.322 e. The van der Waals surface area contributed by atoms with Gasteiger partial charge in [-0.15, -0.1) is 0 Å². The highest BCUT2D eigenvalue weighted by molar-refractivity contribution is 5.92. The third-order valence-corrected chi connectivity index (χ3v) is 4.82. The fourth-order valence-corrected chi connectivity index (χ4v) is 3.41. The van der Waals surface area contributed by atoms with Gasteiger partial charge in [0, 0.05) is 12.6 Å². The first-order valence-corrected chi connectivity index (χ1v) is 8.94. The molecule has 0 bridgehead atoms. The summed E-state index contributed by atoms with van der Waals surface area (Å²) in [7, 11) is 0. The van der Waals surface area contributed by atoms with E-state index in [1.54, 1.807) is 18.2 Å². The Hall–Kier alpha value is -2.89. The van der Waals surface area contributed by atoms with Crippen LogP contribution in [-0.4, -0.2) is 22.4 Å². The summed E-state index contributed by atoms with van der Waals surface area (Å²) in [4.78, 5) is 25.5. The number of benzene rings is 2. The molecule has 6 heteroatoms. The van der Waals surface area contributed by atoms with Crippen LogP contribution in [0.5, 0.6) is 0 Å². The first-order chi connectivity index (χ1) is 12.6. The van der Waals surface area contributed by atoms with E-state index in [0.717, 1.165) is 31.2 Å². The van der Waals surface area contributed by atoms with Crippen LogP contribution in [0.4, 0.5) is 16.2 Å². The molecule has 0 aliphatic carbocycles. The molecule has 1 fully saturated rings. The summed E-state index contributed by atoms with van der Waals surface area (Å²) < 4.78 is 0. The molecule has 1 unspecified atom stereocenters. The molecule has 2 amide bonds. The van der Waals surface area contributed by atoms with Gasteiger partial charge in [-0.3, -0.25) is 10.1 Å². The summed E-state index contributed by atoms with van der Waals surface area (Å²) >= 11 is 0. The number of nitro groups is 1. The first kappa shape index (κ1) is 17.9. The number of anilines is 1. The maximum atomic E-state index is 12.9. The molecule has 1 aliphatic rings. The van der Waals surface area contributed by atoms with E-state index in [1.165, 1.54) is 11.6 Å². The molecule has 1 N–H and O–H groups in total. The van der Waals surface area contributed by atoms with Crippen LogP contribution < -0.4 is 5.32 Å². The topological polar surface area (TPSA) is 75.5 Å². The number of nitrogens with zero attached hydrogens (tertiary/aromatic N) is 2. The lowest BCUT2D eigenvalue weighted by Gasteiger charge is -2.30. The van der Waals surface area contributed by atoms with Crippen LogP contribution in [0.3, 0.4) is 0 Å². The summed E-state index contributed by atoms with van der Waals surface area (Å²) in [6, 6.07) is 14.2. The fraction of sp³-hybridized carbons (Fsp3) is 0.350. The SMILES string of the molecule is Cc1ccc(C2CCCCCN2C(=O)Nc2ccccc2[N+](=O)[O-])cc1. The van der Waals surface area contributed by atoms with Crippen molar-refractivity contribution >= 4 is 17.4 Å². The van der Waals surface area contributed by atoms with E-state index in [9.17, 15) is 14.9 Å². The molecule has 0 saturated carbocycles. The number of aryl methyl sites for hydroxylation is 1. The number of hydrogen-bond acceptors (Lipinski definition) is 3. The molecule has 3 rings (SSSR count). The summed E-state index contributed by atoms with van der Waals surface area (Å²) in [6.07, 6.45) is 3.98. The van der Waals surface area contributed by atoms with Crippen LogP contribution in [0, 0.1) is 17.0 Å². The Kier molecular flexibility index (Phi) is 5.51. The van der Waals surface area contributed by atoms with E-state index in [-0.39, 0.29) is 23.4 Å². The van der Waals surface area contributed by atoms with Crippen LogP contribution >= 0.6 is 0 Å². The van der Waals surface area contributed by atoms with Gasteiger partial charge < -0.3 is 10.2 Å².